The van der Waals surface area contributed by atoms with Crippen LogP contribution in [0.1, 0.15) is 36.8 Å². The molecule has 308 valence electrons. The van der Waals surface area contributed by atoms with Gasteiger partial charge in [-0.15, -0.1) is 0 Å². The van der Waals surface area contributed by atoms with Crippen molar-refractivity contribution < 1.29 is 63.9 Å². The van der Waals surface area contributed by atoms with Crippen molar-refractivity contribution in [3.05, 3.63) is 65.9 Å². The topological polar surface area (TPSA) is 340 Å². The maximum atomic E-state index is 14.0. The van der Waals surface area contributed by atoms with Crippen LogP contribution >= 0.6 is 12.6 Å². The molecule has 3 rings (SSSR count). The minimum absolute atomic E-state index is 0.0949. The highest BCUT2D eigenvalue weighted by Gasteiger charge is 2.33. The highest BCUT2D eigenvalue weighted by atomic mass is 32.1. The van der Waals surface area contributed by atoms with Gasteiger partial charge in [0, 0.05) is 48.5 Å². The first kappa shape index (κ1) is 45.2. The number of phenols is 1. The molecule has 21 heteroatoms. The molecule has 0 aliphatic rings. The number of phenolic OH excluding ortho intramolecular Hbond substituents is 1. The smallest absolute Gasteiger partial charge is 0.327 e. The Balaban J connectivity index is 1.92. The van der Waals surface area contributed by atoms with E-state index in [0.717, 1.165) is 0 Å². The molecule has 0 aliphatic heterocycles. The van der Waals surface area contributed by atoms with Gasteiger partial charge in [-0.25, -0.2) is 4.79 Å². The number of aromatic nitrogens is 1. The minimum Gasteiger partial charge on any atom is -0.508 e. The number of aromatic hydroxyl groups is 1. The van der Waals surface area contributed by atoms with Crippen LogP contribution in [-0.4, -0.2) is 127 Å². The van der Waals surface area contributed by atoms with Crippen molar-refractivity contribution in [2.24, 2.45) is 5.73 Å². The molecule has 57 heavy (non-hydrogen) atoms. The number of H-pyrrole nitrogens is 1. The number of para-hydroxylation sites is 1. The van der Waals surface area contributed by atoms with Crippen LogP contribution in [0.5, 0.6) is 5.75 Å². The molecule has 6 atom stereocenters. The molecule has 0 radical (unpaired) electrons. The normalized spacial score (nSPS) is 14.2. The quantitative estimate of drug-likeness (QED) is 0.0468. The van der Waals surface area contributed by atoms with Gasteiger partial charge >= 0.3 is 17.9 Å². The van der Waals surface area contributed by atoms with Crippen molar-refractivity contribution in [1.29, 1.82) is 0 Å². The number of aromatic amines is 1. The van der Waals surface area contributed by atoms with Crippen molar-refractivity contribution in [1.82, 2.24) is 31.6 Å². The van der Waals surface area contributed by atoms with Gasteiger partial charge in [0.15, 0.2) is 0 Å². The fraction of sp³-hybridized carbons (Fsp3) is 0.389. The fourth-order valence-corrected chi connectivity index (χ4v) is 5.75. The Morgan fingerprint density at radius 1 is 0.649 bits per heavy atom. The largest absolute Gasteiger partial charge is 0.508 e. The van der Waals surface area contributed by atoms with Crippen molar-refractivity contribution in [2.45, 2.75) is 74.8 Å². The van der Waals surface area contributed by atoms with Crippen LogP contribution in [0.4, 0.5) is 0 Å². The number of carbonyl (C=O) groups excluding carboxylic acids is 5. The van der Waals surface area contributed by atoms with E-state index < -0.39 is 110 Å². The summed E-state index contributed by atoms with van der Waals surface area (Å²) in [5.74, 6) is -9.40. The van der Waals surface area contributed by atoms with Gasteiger partial charge in [0.1, 0.15) is 36.0 Å². The van der Waals surface area contributed by atoms with Gasteiger partial charge in [-0.1, -0.05) is 30.3 Å². The molecule has 0 unspecified atom stereocenters. The Kier molecular flexibility index (Phi) is 17.3. The van der Waals surface area contributed by atoms with Gasteiger partial charge in [0.25, 0.3) is 0 Å². The fourth-order valence-electron chi connectivity index (χ4n) is 5.50. The molecule has 0 saturated heterocycles. The number of nitrogens with one attached hydrogen (secondary N) is 6. The standard InChI is InChI=1S/C36H45N7O13S/c37-22(9-11-29(46)47)31(50)42-27(16-44)35(54)41-26(14-19-15-38-23-4-2-1-3-21(19)23)34(53)39-24(10-12-30(48)49)32(51)40-25(13-18-5-7-20(45)8-6-18)33(52)43-28(17-57)36(55)56/h1-8,15,22,24-28,38,44-45,57H,9-14,16-17,37H2,(H,39,53)(H,40,51)(H,41,54)(H,42,50)(H,43,52)(H,46,47)(H,48,49)(H,55,56)/t22-,24-,25-,26-,27-,28-/m0/s1. The van der Waals surface area contributed by atoms with E-state index in [9.17, 15) is 58.8 Å². The molecule has 3 aromatic rings. The first-order valence-corrected chi connectivity index (χ1v) is 18.1. The summed E-state index contributed by atoms with van der Waals surface area (Å²) in [6.07, 6.45) is -0.774. The number of aliphatic carboxylic acids is 3. The van der Waals surface area contributed by atoms with E-state index in [4.69, 9.17) is 10.8 Å². The molecular formula is C36H45N7O13S. The van der Waals surface area contributed by atoms with Crippen LogP contribution in [-0.2, 0) is 51.2 Å². The number of nitrogens with two attached hydrogens (primary N) is 1. The lowest BCUT2D eigenvalue weighted by atomic mass is 10.0. The van der Waals surface area contributed by atoms with Gasteiger partial charge in [-0.2, -0.15) is 12.6 Å². The first-order chi connectivity index (χ1) is 27.0. The first-order valence-electron chi connectivity index (χ1n) is 17.5. The van der Waals surface area contributed by atoms with Crippen LogP contribution in [0.3, 0.4) is 0 Å². The zero-order valence-corrected chi connectivity index (χ0v) is 31.2. The molecule has 1 aromatic heterocycles. The molecule has 0 fully saturated rings. The number of hydrogen-bond donors (Lipinski definition) is 13. The maximum absolute atomic E-state index is 14.0. The third-order valence-corrected chi connectivity index (χ3v) is 9.00. The van der Waals surface area contributed by atoms with Gasteiger partial charge in [-0.3, -0.25) is 33.6 Å². The van der Waals surface area contributed by atoms with Crippen LogP contribution in [0.15, 0.2) is 54.7 Å². The van der Waals surface area contributed by atoms with Crippen LogP contribution in [0, 0.1) is 0 Å². The number of carbonyl (C=O) groups is 8. The summed E-state index contributed by atoms with van der Waals surface area (Å²) >= 11 is 3.94. The number of carboxylic acids is 3. The number of thiol groups is 1. The third kappa shape index (κ3) is 14.1. The molecule has 0 aliphatic carbocycles. The molecule has 0 saturated carbocycles. The summed E-state index contributed by atoms with van der Waals surface area (Å²) in [7, 11) is 0. The number of amides is 5. The monoisotopic (exact) mass is 815 g/mol. The SMILES string of the molecule is N[C@@H](CCC(=O)O)C(=O)N[C@@H](CO)C(=O)N[C@@H](Cc1c[nH]c2ccccc12)C(=O)N[C@@H](CCC(=O)O)C(=O)N[C@@H](Cc1ccc(O)cc1)C(=O)N[C@@H](CS)C(=O)O. The van der Waals surface area contributed by atoms with E-state index in [2.05, 4.69) is 44.2 Å². The molecule has 20 nitrogen and oxygen atoms in total. The summed E-state index contributed by atoms with van der Waals surface area (Å²) in [5.41, 5.74) is 7.35. The average molecular weight is 816 g/mol. The summed E-state index contributed by atoms with van der Waals surface area (Å²) < 4.78 is 0. The molecular weight excluding hydrogens is 770 g/mol. The summed E-state index contributed by atoms with van der Waals surface area (Å²) in [6, 6.07) is 3.37. The number of benzene rings is 2. The lowest BCUT2D eigenvalue weighted by Crippen LogP contribution is -2.60. The van der Waals surface area contributed by atoms with Crippen molar-refractivity contribution in [2.75, 3.05) is 12.4 Å². The average Bonchev–Trinajstić information content (AvgIpc) is 3.58. The third-order valence-electron chi connectivity index (χ3n) is 8.64. The van der Waals surface area contributed by atoms with E-state index in [1.165, 1.54) is 24.3 Å². The Bertz CT molecular complexity index is 1920. The molecule has 2 aromatic carbocycles. The van der Waals surface area contributed by atoms with Crippen molar-refractivity contribution in [3.8, 4) is 5.75 Å². The Morgan fingerprint density at radius 3 is 1.74 bits per heavy atom. The molecule has 0 spiro atoms. The number of aliphatic hydroxyl groups excluding tert-OH is 1. The zero-order chi connectivity index (χ0) is 42.2. The van der Waals surface area contributed by atoms with E-state index in [1.807, 2.05) is 0 Å². The lowest BCUT2D eigenvalue weighted by molar-refractivity contribution is -0.141. The van der Waals surface area contributed by atoms with Crippen LogP contribution in [0.25, 0.3) is 10.9 Å². The van der Waals surface area contributed by atoms with Crippen LogP contribution < -0.4 is 32.3 Å². The van der Waals surface area contributed by atoms with Gasteiger partial charge in [0.2, 0.25) is 29.5 Å². The molecule has 13 N–H and O–H groups in total. The molecule has 0 bridgehead atoms. The second-order valence-electron chi connectivity index (χ2n) is 12.9. The Hall–Kier alpha value is -6.19. The van der Waals surface area contributed by atoms with Crippen LogP contribution in [0.2, 0.25) is 0 Å². The maximum Gasteiger partial charge on any atom is 0.327 e. The van der Waals surface area contributed by atoms with Crippen molar-refractivity contribution in [3.63, 3.8) is 0 Å². The lowest BCUT2D eigenvalue weighted by Gasteiger charge is -2.27. The Labute approximate surface area is 330 Å². The summed E-state index contributed by atoms with van der Waals surface area (Å²) in [5, 5.41) is 59.9. The van der Waals surface area contributed by atoms with Gasteiger partial charge in [0.05, 0.1) is 12.6 Å². The molecule has 5 amide bonds. The van der Waals surface area contributed by atoms with E-state index >= 15 is 0 Å². The minimum atomic E-state index is -1.66. The Morgan fingerprint density at radius 2 is 1.16 bits per heavy atom. The molecule has 1 heterocycles. The summed E-state index contributed by atoms with van der Waals surface area (Å²) in [4.78, 5) is 104. The van der Waals surface area contributed by atoms with E-state index in [-0.39, 0.29) is 30.8 Å². The van der Waals surface area contributed by atoms with Gasteiger partial charge < -0.3 is 62.8 Å². The van der Waals surface area contributed by atoms with E-state index in [0.29, 0.717) is 22.0 Å². The highest BCUT2D eigenvalue weighted by Crippen LogP contribution is 2.20. The number of aliphatic hydroxyl groups is 1. The van der Waals surface area contributed by atoms with Crippen molar-refractivity contribution >= 4 is 71.0 Å². The predicted octanol–water partition coefficient (Wildman–Crippen LogP) is -1.85. The highest BCUT2D eigenvalue weighted by molar-refractivity contribution is 7.80. The number of fused-ring (bicyclic) bond motifs is 1. The second kappa shape index (κ2) is 21.8. The predicted molar refractivity (Wildman–Crippen MR) is 204 cm³/mol. The second-order valence-corrected chi connectivity index (χ2v) is 13.3. The summed E-state index contributed by atoms with van der Waals surface area (Å²) in [6.45, 7) is -0.964. The van der Waals surface area contributed by atoms with Gasteiger partial charge in [-0.05, 0) is 42.2 Å². The van der Waals surface area contributed by atoms with E-state index in [1.54, 1.807) is 30.5 Å². The zero-order valence-electron chi connectivity index (χ0n) is 30.3. The number of carboxylic acid groups (broad SMARTS) is 3. The number of rotatable bonds is 23. The number of hydrogen-bond acceptors (Lipinski definition) is 12.